The Bertz CT molecular complexity index is 1150. The van der Waals surface area contributed by atoms with Gasteiger partial charge in [-0.1, -0.05) is 23.7 Å². The highest BCUT2D eigenvalue weighted by atomic mass is 35.5. The molecule has 1 aliphatic rings. The average molecular weight is 453 g/mol. The zero-order valence-corrected chi connectivity index (χ0v) is 18.6. The Hall–Kier alpha value is -3.32. The first-order valence-electron chi connectivity index (χ1n) is 10.6. The van der Waals surface area contributed by atoms with Crippen molar-refractivity contribution < 1.29 is 9.53 Å². The fourth-order valence-corrected chi connectivity index (χ4v) is 4.07. The van der Waals surface area contributed by atoms with Gasteiger partial charge in [0.25, 0.3) is 5.56 Å². The van der Waals surface area contributed by atoms with Crippen LogP contribution in [0.25, 0.3) is 5.69 Å². The number of hydrogen-bond donors (Lipinski definition) is 1. The number of hydrogen-bond acceptors (Lipinski definition) is 5. The van der Waals surface area contributed by atoms with Crippen LogP contribution in [0.3, 0.4) is 0 Å². The number of nitrogens with zero attached hydrogens (tertiary/aromatic N) is 3. The number of methoxy groups -OCH3 is 1. The van der Waals surface area contributed by atoms with Crippen LogP contribution in [0.2, 0.25) is 5.02 Å². The van der Waals surface area contributed by atoms with Crippen molar-refractivity contribution in [2.45, 2.75) is 19.4 Å². The van der Waals surface area contributed by atoms with Gasteiger partial charge in [-0.2, -0.15) is 4.68 Å². The van der Waals surface area contributed by atoms with E-state index in [1.54, 1.807) is 37.4 Å². The average Bonchev–Trinajstić information content (AvgIpc) is 2.83. The fourth-order valence-electron chi connectivity index (χ4n) is 3.86. The van der Waals surface area contributed by atoms with Crippen LogP contribution in [0.4, 0.5) is 5.82 Å². The number of aromatic nitrogens is 2. The molecule has 1 saturated heterocycles. The summed E-state index contributed by atoms with van der Waals surface area (Å²) in [4.78, 5) is 27.2. The van der Waals surface area contributed by atoms with Gasteiger partial charge in [0.05, 0.1) is 18.7 Å². The Balaban J connectivity index is 1.45. The molecule has 32 heavy (non-hydrogen) atoms. The lowest BCUT2D eigenvalue weighted by Crippen LogP contribution is -2.43. The van der Waals surface area contributed by atoms with Crippen LogP contribution >= 0.6 is 11.6 Å². The summed E-state index contributed by atoms with van der Waals surface area (Å²) in [6.07, 6.45) is 1.69. The summed E-state index contributed by atoms with van der Waals surface area (Å²) in [7, 11) is 1.60. The molecule has 7 nitrogen and oxygen atoms in total. The molecule has 0 aliphatic carbocycles. The van der Waals surface area contributed by atoms with Gasteiger partial charge in [-0.3, -0.25) is 9.59 Å². The largest absolute Gasteiger partial charge is 0.497 e. The molecule has 2 heterocycles. The van der Waals surface area contributed by atoms with Crippen LogP contribution in [-0.4, -0.2) is 35.9 Å². The van der Waals surface area contributed by atoms with Gasteiger partial charge >= 0.3 is 0 Å². The van der Waals surface area contributed by atoms with E-state index in [1.165, 1.54) is 10.7 Å². The topological polar surface area (TPSA) is 76.5 Å². The second-order valence-corrected chi connectivity index (χ2v) is 8.21. The number of nitrogens with one attached hydrogen (secondary N) is 1. The Morgan fingerprint density at radius 1 is 1.19 bits per heavy atom. The first kappa shape index (κ1) is 21.9. The normalized spacial score (nSPS) is 15.9. The highest BCUT2D eigenvalue weighted by Crippen LogP contribution is 2.22. The predicted octanol–water partition coefficient (Wildman–Crippen LogP) is 3.43. The molecule has 1 N–H and O–H groups in total. The molecule has 1 fully saturated rings. The lowest BCUT2D eigenvalue weighted by molar-refractivity contribution is -0.125. The van der Waals surface area contributed by atoms with E-state index in [1.807, 2.05) is 24.3 Å². The number of amides is 1. The number of halogens is 1. The molecule has 0 spiro atoms. The van der Waals surface area contributed by atoms with E-state index in [0.717, 1.165) is 24.9 Å². The quantitative estimate of drug-likeness (QED) is 0.620. The molecule has 1 atom stereocenters. The molecule has 0 unspecified atom stereocenters. The number of carbonyl (C=O) groups excluding carboxylic acids is 1. The highest BCUT2D eigenvalue weighted by Gasteiger charge is 2.26. The maximum Gasteiger partial charge on any atom is 0.271 e. The van der Waals surface area contributed by atoms with Crippen LogP contribution in [0, 0.1) is 5.92 Å². The van der Waals surface area contributed by atoms with E-state index >= 15 is 0 Å². The molecule has 0 bridgehead atoms. The molecule has 1 aliphatic heterocycles. The standard InChI is InChI=1S/C24H25ClN4O3/c1-32-21-9-7-20(8-10-21)29-23(30)12-11-22(27-29)28-13-3-5-18(16-28)24(31)26-15-17-4-2-6-19(25)14-17/h2,4,6-12,14,18H,3,5,13,15-16H2,1H3,(H,26,31)/t18-/m0/s1. The molecule has 166 valence electrons. The highest BCUT2D eigenvalue weighted by molar-refractivity contribution is 6.30. The van der Waals surface area contributed by atoms with Gasteiger partial charge < -0.3 is 15.0 Å². The molecule has 0 radical (unpaired) electrons. The summed E-state index contributed by atoms with van der Waals surface area (Å²) in [5, 5.41) is 8.23. The summed E-state index contributed by atoms with van der Waals surface area (Å²) in [5.41, 5.74) is 1.41. The van der Waals surface area contributed by atoms with Gasteiger partial charge in [-0.25, -0.2) is 0 Å². The van der Waals surface area contributed by atoms with Gasteiger partial charge in [-0.05, 0) is 60.9 Å². The minimum atomic E-state index is -0.216. The number of carbonyl (C=O) groups is 1. The van der Waals surface area contributed by atoms with Crippen LogP contribution < -0.4 is 20.5 Å². The van der Waals surface area contributed by atoms with E-state index in [-0.39, 0.29) is 17.4 Å². The summed E-state index contributed by atoms with van der Waals surface area (Å²) in [6, 6.07) is 17.9. The second-order valence-electron chi connectivity index (χ2n) is 7.77. The lowest BCUT2D eigenvalue weighted by Gasteiger charge is -2.33. The number of benzene rings is 2. The number of piperidine rings is 1. The fraction of sp³-hybridized carbons (Fsp3) is 0.292. The van der Waals surface area contributed by atoms with Gasteiger partial charge in [0.15, 0.2) is 0 Å². The molecule has 8 heteroatoms. The molecule has 1 aromatic heterocycles. The molecular weight excluding hydrogens is 428 g/mol. The number of anilines is 1. The van der Waals surface area contributed by atoms with Crippen molar-refractivity contribution in [3.8, 4) is 11.4 Å². The van der Waals surface area contributed by atoms with Crippen LogP contribution in [0.5, 0.6) is 5.75 Å². The Morgan fingerprint density at radius 2 is 2.00 bits per heavy atom. The number of rotatable bonds is 6. The van der Waals surface area contributed by atoms with Gasteiger partial charge in [-0.15, -0.1) is 5.10 Å². The van der Waals surface area contributed by atoms with E-state index in [4.69, 9.17) is 16.3 Å². The van der Waals surface area contributed by atoms with Crippen molar-refractivity contribution in [3.05, 3.63) is 81.6 Å². The SMILES string of the molecule is COc1ccc(-n2nc(N3CCC[C@H](C(=O)NCc4cccc(Cl)c4)C3)ccc2=O)cc1. The Labute approximate surface area is 191 Å². The number of ether oxygens (including phenoxy) is 1. The smallest absolute Gasteiger partial charge is 0.271 e. The minimum absolute atomic E-state index is 0.0122. The molecule has 2 aromatic carbocycles. The Kier molecular flexibility index (Phi) is 6.75. The first-order chi connectivity index (χ1) is 15.5. The monoisotopic (exact) mass is 452 g/mol. The summed E-state index contributed by atoms with van der Waals surface area (Å²) < 4.78 is 6.55. The third-order valence-electron chi connectivity index (χ3n) is 5.58. The molecule has 1 amide bonds. The lowest BCUT2D eigenvalue weighted by atomic mass is 9.97. The minimum Gasteiger partial charge on any atom is -0.497 e. The van der Waals surface area contributed by atoms with Crippen LogP contribution in [0.1, 0.15) is 18.4 Å². The summed E-state index contributed by atoms with van der Waals surface area (Å²) >= 11 is 6.02. The van der Waals surface area contributed by atoms with Gasteiger partial charge in [0.1, 0.15) is 11.6 Å². The van der Waals surface area contributed by atoms with E-state index < -0.39 is 0 Å². The van der Waals surface area contributed by atoms with Crippen molar-refractivity contribution in [2.75, 3.05) is 25.1 Å². The van der Waals surface area contributed by atoms with E-state index in [0.29, 0.717) is 35.4 Å². The zero-order valence-electron chi connectivity index (χ0n) is 17.8. The van der Waals surface area contributed by atoms with E-state index in [2.05, 4.69) is 15.3 Å². The van der Waals surface area contributed by atoms with Crippen molar-refractivity contribution in [1.82, 2.24) is 15.1 Å². The zero-order chi connectivity index (χ0) is 22.5. The third kappa shape index (κ3) is 5.11. The first-order valence-corrected chi connectivity index (χ1v) is 10.9. The van der Waals surface area contributed by atoms with Crippen molar-refractivity contribution in [2.24, 2.45) is 5.92 Å². The second kappa shape index (κ2) is 9.87. The molecule has 4 rings (SSSR count). The maximum atomic E-state index is 12.8. The summed E-state index contributed by atoms with van der Waals surface area (Å²) in [5.74, 6) is 1.25. The Morgan fingerprint density at radius 3 is 2.75 bits per heavy atom. The molecule has 0 saturated carbocycles. The van der Waals surface area contributed by atoms with Crippen molar-refractivity contribution in [1.29, 1.82) is 0 Å². The van der Waals surface area contributed by atoms with Crippen LogP contribution in [-0.2, 0) is 11.3 Å². The maximum absolute atomic E-state index is 12.8. The van der Waals surface area contributed by atoms with Gasteiger partial charge in [0, 0.05) is 30.7 Å². The molecular formula is C24H25ClN4O3. The van der Waals surface area contributed by atoms with Crippen LogP contribution in [0.15, 0.2) is 65.5 Å². The third-order valence-corrected chi connectivity index (χ3v) is 5.81. The van der Waals surface area contributed by atoms with Gasteiger partial charge in [0.2, 0.25) is 5.91 Å². The van der Waals surface area contributed by atoms with E-state index in [9.17, 15) is 9.59 Å². The van der Waals surface area contributed by atoms with Crippen molar-refractivity contribution in [3.63, 3.8) is 0 Å². The predicted molar refractivity (Wildman–Crippen MR) is 125 cm³/mol. The van der Waals surface area contributed by atoms with Crippen molar-refractivity contribution >= 4 is 23.3 Å². The summed E-state index contributed by atoms with van der Waals surface area (Å²) in [6.45, 7) is 1.78. The molecule has 3 aromatic rings.